The zero-order valence-electron chi connectivity index (χ0n) is 13.4. The van der Waals surface area contributed by atoms with E-state index in [4.69, 9.17) is 5.73 Å². The summed E-state index contributed by atoms with van der Waals surface area (Å²) in [6.45, 7) is 1.31. The first-order chi connectivity index (χ1) is 12.0. The summed E-state index contributed by atoms with van der Waals surface area (Å²) in [5.41, 5.74) is 6.35. The lowest BCUT2D eigenvalue weighted by Crippen LogP contribution is -2.27. The molecule has 1 saturated heterocycles. The summed E-state index contributed by atoms with van der Waals surface area (Å²) in [7, 11) is 0. The van der Waals surface area contributed by atoms with Crippen molar-refractivity contribution in [3.05, 3.63) is 38.5 Å². The van der Waals surface area contributed by atoms with Crippen molar-refractivity contribution in [2.75, 3.05) is 18.0 Å². The molecular weight excluding hydrogens is 343 g/mol. The van der Waals surface area contributed by atoms with Gasteiger partial charge in [-0.25, -0.2) is 4.39 Å². The number of halogens is 1. The van der Waals surface area contributed by atoms with Crippen molar-refractivity contribution in [1.82, 2.24) is 8.94 Å². The molecule has 2 aromatic heterocycles. The van der Waals surface area contributed by atoms with Crippen LogP contribution in [0.25, 0.3) is 21.1 Å². The van der Waals surface area contributed by atoms with Crippen LogP contribution in [0.2, 0.25) is 0 Å². The summed E-state index contributed by atoms with van der Waals surface area (Å²) < 4.78 is 19.4. The number of fused-ring (bicyclic) bond motifs is 2. The number of aromatic amines is 1. The standard InChI is InChI=1S/C17H17FN4O2S/c18-11-5-10-12(6-13(11)21-4-3-8(19)7-21)22(9-1-2-9)17-14(15(10)23)16(24)20-25-17/h5-6,8-9H,1-4,7,19H2,(H,20,24). The highest BCUT2D eigenvalue weighted by Crippen LogP contribution is 2.40. The van der Waals surface area contributed by atoms with E-state index in [9.17, 15) is 14.0 Å². The molecule has 8 heteroatoms. The van der Waals surface area contributed by atoms with Crippen LogP contribution in [-0.2, 0) is 0 Å². The Morgan fingerprint density at radius 1 is 1.24 bits per heavy atom. The van der Waals surface area contributed by atoms with Crippen LogP contribution >= 0.6 is 11.5 Å². The molecule has 3 heterocycles. The third-order valence-electron chi connectivity index (χ3n) is 5.17. The number of H-pyrrole nitrogens is 1. The van der Waals surface area contributed by atoms with E-state index in [0.29, 0.717) is 29.1 Å². The van der Waals surface area contributed by atoms with Gasteiger partial charge in [-0.05, 0) is 42.9 Å². The number of anilines is 1. The van der Waals surface area contributed by atoms with E-state index in [-0.39, 0.29) is 22.9 Å². The molecule has 1 aliphatic heterocycles. The smallest absolute Gasteiger partial charge is 0.271 e. The van der Waals surface area contributed by atoms with E-state index in [1.54, 1.807) is 6.07 Å². The minimum Gasteiger partial charge on any atom is -0.367 e. The lowest BCUT2D eigenvalue weighted by molar-refractivity contribution is 0.623. The van der Waals surface area contributed by atoms with Crippen molar-refractivity contribution >= 4 is 38.3 Å². The fourth-order valence-corrected chi connectivity index (χ4v) is 4.71. The maximum Gasteiger partial charge on any atom is 0.271 e. The Bertz CT molecular complexity index is 1130. The van der Waals surface area contributed by atoms with Crippen LogP contribution in [0.1, 0.15) is 25.3 Å². The molecule has 2 aliphatic rings. The van der Waals surface area contributed by atoms with Crippen molar-refractivity contribution in [2.24, 2.45) is 5.73 Å². The van der Waals surface area contributed by atoms with Gasteiger partial charge in [-0.2, -0.15) is 0 Å². The largest absolute Gasteiger partial charge is 0.367 e. The number of aromatic nitrogens is 2. The summed E-state index contributed by atoms with van der Waals surface area (Å²) in [5.74, 6) is -0.438. The van der Waals surface area contributed by atoms with Crippen molar-refractivity contribution in [3.63, 3.8) is 0 Å². The average Bonchev–Trinajstić information content (AvgIpc) is 3.21. The number of nitrogens with one attached hydrogen (secondary N) is 1. The average molecular weight is 360 g/mol. The summed E-state index contributed by atoms with van der Waals surface area (Å²) >= 11 is 1.18. The second kappa shape index (κ2) is 5.15. The van der Waals surface area contributed by atoms with E-state index in [2.05, 4.69) is 4.37 Å². The second-order valence-electron chi connectivity index (χ2n) is 6.96. The van der Waals surface area contributed by atoms with Gasteiger partial charge in [-0.15, -0.1) is 0 Å². The summed E-state index contributed by atoms with van der Waals surface area (Å²) in [5, 5.41) is 0.410. The number of benzene rings is 1. The van der Waals surface area contributed by atoms with Crippen LogP contribution < -0.4 is 21.6 Å². The zero-order valence-corrected chi connectivity index (χ0v) is 14.2. The van der Waals surface area contributed by atoms with Crippen molar-refractivity contribution < 1.29 is 4.39 Å². The Kier molecular flexibility index (Phi) is 3.11. The summed E-state index contributed by atoms with van der Waals surface area (Å²) in [6.07, 6.45) is 2.83. The lowest BCUT2D eigenvalue weighted by Gasteiger charge is -2.21. The maximum absolute atomic E-state index is 14.7. The fourth-order valence-electron chi connectivity index (χ4n) is 3.78. The predicted molar refractivity (Wildman–Crippen MR) is 97.2 cm³/mol. The number of hydrogen-bond donors (Lipinski definition) is 2. The molecule has 0 radical (unpaired) electrons. The van der Waals surface area contributed by atoms with Crippen molar-refractivity contribution in [1.29, 1.82) is 0 Å². The third-order valence-corrected chi connectivity index (χ3v) is 6.06. The number of pyridine rings is 1. The molecule has 0 bridgehead atoms. The van der Waals surface area contributed by atoms with Gasteiger partial charge in [0.1, 0.15) is 16.0 Å². The first-order valence-corrected chi connectivity index (χ1v) is 9.25. The van der Waals surface area contributed by atoms with E-state index in [1.165, 1.54) is 17.6 Å². The molecule has 1 atom stereocenters. The molecule has 1 unspecified atom stereocenters. The van der Waals surface area contributed by atoms with Crippen LogP contribution in [0, 0.1) is 5.82 Å². The Hall–Kier alpha value is -2.19. The Morgan fingerprint density at radius 3 is 2.72 bits per heavy atom. The Balaban J connectivity index is 1.86. The summed E-state index contributed by atoms with van der Waals surface area (Å²) in [6, 6.07) is 3.34. The topological polar surface area (TPSA) is 84.1 Å². The molecule has 1 aliphatic carbocycles. The van der Waals surface area contributed by atoms with Crippen molar-refractivity contribution in [2.45, 2.75) is 31.3 Å². The molecule has 130 valence electrons. The highest BCUT2D eigenvalue weighted by Gasteiger charge is 2.30. The highest BCUT2D eigenvalue weighted by molar-refractivity contribution is 7.12. The zero-order chi connectivity index (χ0) is 17.3. The number of rotatable bonds is 2. The molecule has 1 aromatic carbocycles. The van der Waals surface area contributed by atoms with Gasteiger partial charge < -0.3 is 15.2 Å². The molecular formula is C17H17FN4O2S. The second-order valence-corrected chi connectivity index (χ2v) is 7.75. The quantitative estimate of drug-likeness (QED) is 0.731. The van der Waals surface area contributed by atoms with E-state index < -0.39 is 16.8 Å². The van der Waals surface area contributed by atoms with Gasteiger partial charge in [-0.1, -0.05) is 0 Å². The molecule has 3 N–H and O–H groups in total. The summed E-state index contributed by atoms with van der Waals surface area (Å²) in [4.78, 5) is 27.4. The molecule has 25 heavy (non-hydrogen) atoms. The van der Waals surface area contributed by atoms with E-state index >= 15 is 0 Å². The van der Waals surface area contributed by atoms with E-state index in [0.717, 1.165) is 19.3 Å². The van der Waals surface area contributed by atoms with Crippen LogP contribution in [0.3, 0.4) is 0 Å². The molecule has 6 nitrogen and oxygen atoms in total. The highest BCUT2D eigenvalue weighted by atomic mass is 32.1. The molecule has 0 amide bonds. The number of nitrogens with zero attached hydrogens (tertiary/aromatic N) is 2. The Labute approximate surface area is 145 Å². The predicted octanol–water partition coefficient (Wildman–Crippen LogP) is 1.92. The van der Waals surface area contributed by atoms with Gasteiger partial charge in [0.05, 0.1) is 11.2 Å². The van der Waals surface area contributed by atoms with Gasteiger partial charge in [0.25, 0.3) is 5.56 Å². The Morgan fingerprint density at radius 2 is 2.04 bits per heavy atom. The van der Waals surface area contributed by atoms with Gasteiger partial charge in [0.15, 0.2) is 0 Å². The fraction of sp³-hybridized carbons (Fsp3) is 0.412. The van der Waals surface area contributed by atoms with Gasteiger partial charge in [-0.3, -0.25) is 14.0 Å². The molecule has 0 spiro atoms. The lowest BCUT2D eigenvalue weighted by atomic mass is 10.1. The molecule has 2 fully saturated rings. The van der Waals surface area contributed by atoms with Crippen LogP contribution in [-0.4, -0.2) is 28.1 Å². The number of hydrogen-bond acceptors (Lipinski definition) is 5. The normalized spacial score (nSPS) is 20.9. The molecule has 5 rings (SSSR count). The van der Waals surface area contributed by atoms with Crippen LogP contribution in [0.4, 0.5) is 10.1 Å². The SMILES string of the molecule is NC1CCN(c2cc3c(cc2F)c(=O)c2c(=O)[nH]sc2n3C2CC2)C1. The number of nitrogens with two attached hydrogens (primary N) is 1. The maximum atomic E-state index is 14.7. The van der Waals surface area contributed by atoms with Crippen molar-refractivity contribution in [3.8, 4) is 0 Å². The van der Waals surface area contributed by atoms with Crippen LogP contribution in [0.5, 0.6) is 0 Å². The monoisotopic (exact) mass is 360 g/mol. The van der Waals surface area contributed by atoms with Gasteiger partial charge in [0.2, 0.25) is 5.43 Å². The first kappa shape index (κ1) is 15.1. The van der Waals surface area contributed by atoms with Crippen LogP contribution in [0.15, 0.2) is 21.7 Å². The molecule has 1 saturated carbocycles. The minimum atomic E-state index is -0.438. The molecule has 3 aromatic rings. The van der Waals surface area contributed by atoms with Gasteiger partial charge >= 0.3 is 0 Å². The van der Waals surface area contributed by atoms with Gasteiger partial charge in [0, 0.05) is 30.6 Å². The van der Waals surface area contributed by atoms with E-state index in [1.807, 2.05) is 9.47 Å². The minimum absolute atomic E-state index is 0.0399. The first-order valence-electron chi connectivity index (χ1n) is 8.44. The third kappa shape index (κ3) is 2.17.